The molecule has 0 aliphatic carbocycles. The second-order valence-electron chi connectivity index (χ2n) is 5.06. The van der Waals surface area contributed by atoms with Gasteiger partial charge >= 0.3 is 0 Å². The van der Waals surface area contributed by atoms with Crippen molar-refractivity contribution >= 4 is 0 Å². The van der Waals surface area contributed by atoms with Crippen LogP contribution in [-0.2, 0) is 6.54 Å². The molecule has 1 heterocycles. The van der Waals surface area contributed by atoms with Crippen LogP contribution in [0.4, 0.5) is 0 Å². The molecule has 1 fully saturated rings. The van der Waals surface area contributed by atoms with Crippen LogP contribution in [0.5, 0.6) is 0 Å². The molecule has 0 radical (unpaired) electrons. The van der Waals surface area contributed by atoms with E-state index in [9.17, 15) is 0 Å². The number of hydrogen-bond donors (Lipinski definition) is 0. The van der Waals surface area contributed by atoms with Gasteiger partial charge in [0.05, 0.1) is 12.1 Å². The van der Waals surface area contributed by atoms with Gasteiger partial charge in [-0.05, 0) is 25.3 Å². The number of hydrogen-bond acceptors (Lipinski definition) is 3. The van der Waals surface area contributed by atoms with Crippen LogP contribution in [0, 0.1) is 28.1 Å². The molecule has 2 rings (SSSR count). The average Bonchev–Trinajstić information content (AvgIpc) is 2.42. The molecule has 1 atom stereocenters. The summed E-state index contributed by atoms with van der Waals surface area (Å²) in [4.78, 5) is 2.35. The van der Waals surface area contributed by atoms with Gasteiger partial charge in [-0.1, -0.05) is 30.3 Å². The van der Waals surface area contributed by atoms with Crippen LogP contribution >= 0.6 is 0 Å². The normalized spacial score (nSPS) is 22.9. The summed E-state index contributed by atoms with van der Waals surface area (Å²) in [5.41, 5.74) is 0.512. The number of piperidine rings is 1. The number of benzene rings is 1. The summed E-state index contributed by atoms with van der Waals surface area (Å²) in [6, 6.07) is 15.0. The molecule has 1 saturated heterocycles. The first kappa shape index (κ1) is 12.6. The Labute approximate surface area is 108 Å². The van der Waals surface area contributed by atoms with Crippen LogP contribution in [0.15, 0.2) is 30.3 Å². The maximum absolute atomic E-state index is 9.14. The van der Waals surface area contributed by atoms with E-state index in [0.29, 0.717) is 12.8 Å². The van der Waals surface area contributed by atoms with Crippen LogP contribution in [0.25, 0.3) is 0 Å². The van der Waals surface area contributed by atoms with E-state index in [1.807, 2.05) is 18.2 Å². The van der Waals surface area contributed by atoms with Crippen molar-refractivity contribution in [3.63, 3.8) is 0 Å². The van der Waals surface area contributed by atoms with Crippen LogP contribution < -0.4 is 0 Å². The quantitative estimate of drug-likeness (QED) is 0.797. The second kappa shape index (κ2) is 5.21. The predicted molar refractivity (Wildman–Crippen MR) is 69.2 cm³/mol. The second-order valence-corrected chi connectivity index (χ2v) is 5.06. The van der Waals surface area contributed by atoms with Gasteiger partial charge in [0.25, 0.3) is 0 Å². The van der Waals surface area contributed by atoms with Gasteiger partial charge in [-0.2, -0.15) is 10.5 Å². The van der Waals surface area contributed by atoms with E-state index in [-0.39, 0.29) is 6.04 Å². The molecule has 1 aliphatic heterocycles. The molecule has 18 heavy (non-hydrogen) atoms. The zero-order valence-corrected chi connectivity index (χ0v) is 10.6. The molecule has 1 aromatic rings. The molecular formula is C15H17N3. The van der Waals surface area contributed by atoms with Crippen LogP contribution in [-0.4, -0.2) is 17.5 Å². The Balaban J connectivity index is 2.03. The van der Waals surface area contributed by atoms with E-state index < -0.39 is 5.41 Å². The Morgan fingerprint density at radius 3 is 2.50 bits per heavy atom. The Morgan fingerprint density at radius 2 is 1.94 bits per heavy atom. The van der Waals surface area contributed by atoms with E-state index in [2.05, 4.69) is 36.1 Å². The number of nitrogens with zero attached hydrogens (tertiary/aromatic N) is 3. The average molecular weight is 239 g/mol. The summed E-state index contributed by atoms with van der Waals surface area (Å²) < 4.78 is 0. The highest BCUT2D eigenvalue weighted by molar-refractivity contribution is 5.18. The predicted octanol–water partition coefficient (Wildman–Crippen LogP) is 2.70. The third-order valence-electron chi connectivity index (χ3n) is 3.75. The van der Waals surface area contributed by atoms with Crippen LogP contribution in [0.3, 0.4) is 0 Å². The van der Waals surface area contributed by atoms with Gasteiger partial charge in [-0.3, -0.25) is 4.90 Å². The molecule has 0 N–H and O–H groups in total. The van der Waals surface area contributed by atoms with E-state index >= 15 is 0 Å². The SMILES string of the molecule is CC1CC(C#N)(C#N)CCN1Cc1ccccc1. The van der Waals surface area contributed by atoms with Crippen molar-refractivity contribution in [3.05, 3.63) is 35.9 Å². The highest BCUT2D eigenvalue weighted by Crippen LogP contribution is 2.34. The fourth-order valence-corrected chi connectivity index (χ4v) is 2.57. The van der Waals surface area contributed by atoms with Crippen molar-refractivity contribution in [2.24, 2.45) is 5.41 Å². The summed E-state index contributed by atoms with van der Waals surface area (Å²) in [6.07, 6.45) is 1.30. The maximum atomic E-state index is 9.14. The summed E-state index contributed by atoms with van der Waals surface area (Å²) >= 11 is 0. The molecule has 92 valence electrons. The lowest BCUT2D eigenvalue weighted by Gasteiger charge is -2.38. The molecule has 1 aromatic carbocycles. The number of likely N-dealkylation sites (tertiary alicyclic amines) is 1. The van der Waals surface area contributed by atoms with Crippen molar-refractivity contribution in [2.75, 3.05) is 6.54 Å². The lowest BCUT2D eigenvalue weighted by molar-refractivity contribution is 0.109. The minimum Gasteiger partial charge on any atom is -0.296 e. The Bertz CT molecular complexity index is 467. The molecule has 1 unspecified atom stereocenters. The third kappa shape index (κ3) is 2.53. The largest absolute Gasteiger partial charge is 0.296 e. The first-order valence-corrected chi connectivity index (χ1v) is 6.29. The van der Waals surface area contributed by atoms with E-state index in [1.54, 1.807) is 0 Å². The minimum atomic E-state index is -0.771. The Morgan fingerprint density at radius 1 is 1.28 bits per heavy atom. The highest BCUT2D eigenvalue weighted by Gasteiger charge is 2.38. The van der Waals surface area contributed by atoms with Crippen LogP contribution in [0.2, 0.25) is 0 Å². The molecule has 3 heteroatoms. The molecule has 1 aliphatic rings. The first-order valence-electron chi connectivity index (χ1n) is 6.29. The summed E-state index contributed by atoms with van der Waals surface area (Å²) in [5.74, 6) is 0. The fraction of sp³-hybridized carbons (Fsp3) is 0.467. The van der Waals surface area contributed by atoms with Gasteiger partial charge in [0.15, 0.2) is 0 Å². The summed E-state index contributed by atoms with van der Waals surface area (Å²) in [5, 5.41) is 18.3. The van der Waals surface area contributed by atoms with Crippen molar-refractivity contribution in [1.29, 1.82) is 10.5 Å². The number of nitriles is 2. The topological polar surface area (TPSA) is 50.8 Å². The molecule has 3 nitrogen and oxygen atoms in total. The molecule has 0 spiro atoms. The van der Waals surface area contributed by atoms with Gasteiger partial charge in [0, 0.05) is 19.1 Å². The molecule has 0 amide bonds. The van der Waals surface area contributed by atoms with E-state index in [1.165, 1.54) is 5.56 Å². The Hall–Kier alpha value is -1.84. The summed E-state index contributed by atoms with van der Waals surface area (Å²) in [6.45, 7) is 3.82. The van der Waals surface area contributed by atoms with E-state index in [4.69, 9.17) is 10.5 Å². The molecule has 0 saturated carbocycles. The monoisotopic (exact) mass is 239 g/mol. The Kier molecular flexibility index (Phi) is 3.65. The fourth-order valence-electron chi connectivity index (χ4n) is 2.57. The lowest BCUT2D eigenvalue weighted by atomic mass is 9.78. The van der Waals surface area contributed by atoms with E-state index in [0.717, 1.165) is 13.1 Å². The number of rotatable bonds is 2. The minimum absolute atomic E-state index is 0.276. The van der Waals surface area contributed by atoms with Gasteiger partial charge in [-0.25, -0.2) is 0 Å². The molecule has 0 bridgehead atoms. The zero-order valence-electron chi connectivity index (χ0n) is 10.6. The van der Waals surface area contributed by atoms with Crippen molar-refractivity contribution < 1.29 is 0 Å². The first-order chi connectivity index (χ1) is 8.69. The van der Waals surface area contributed by atoms with Crippen molar-refractivity contribution in [3.8, 4) is 12.1 Å². The maximum Gasteiger partial charge on any atom is 0.146 e. The van der Waals surface area contributed by atoms with Gasteiger partial charge < -0.3 is 0 Å². The van der Waals surface area contributed by atoms with Gasteiger partial charge in [0.2, 0.25) is 0 Å². The van der Waals surface area contributed by atoms with Crippen molar-refractivity contribution in [2.45, 2.75) is 32.4 Å². The third-order valence-corrected chi connectivity index (χ3v) is 3.75. The highest BCUT2D eigenvalue weighted by atomic mass is 15.2. The van der Waals surface area contributed by atoms with Crippen molar-refractivity contribution in [1.82, 2.24) is 4.90 Å². The summed E-state index contributed by atoms with van der Waals surface area (Å²) in [7, 11) is 0. The smallest absolute Gasteiger partial charge is 0.146 e. The van der Waals surface area contributed by atoms with Gasteiger partial charge in [-0.15, -0.1) is 0 Å². The molecule has 0 aromatic heterocycles. The zero-order chi connectivity index (χ0) is 13.0. The lowest BCUT2D eigenvalue weighted by Crippen LogP contribution is -2.44. The standard InChI is InChI=1S/C15H17N3/c1-13-9-15(11-16,12-17)7-8-18(13)10-14-5-3-2-4-6-14/h2-6,13H,7-10H2,1H3. The van der Waals surface area contributed by atoms with Crippen LogP contribution in [0.1, 0.15) is 25.3 Å². The van der Waals surface area contributed by atoms with Gasteiger partial charge in [0.1, 0.15) is 5.41 Å². The molecular weight excluding hydrogens is 222 g/mol.